The molecule has 4 rings (SSSR count). The van der Waals surface area contributed by atoms with E-state index in [0.29, 0.717) is 18.9 Å². The molecule has 11 heteroatoms. The highest BCUT2D eigenvalue weighted by atomic mass is 16.6. The molecular weight excluding hydrogens is 660 g/mol. The van der Waals surface area contributed by atoms with E-state index in [4.69, 9.17) is 14.2 Å². The molecule has 52 heavy (non-hydrogen) atoms. The van der Waals surface area contributed by atoms with Gasteiger partial charge in [-0.15, -0.1) is 0 Å². The third-order valence-corrected chi connectivity index (χ3v) is 7.74. The standard InChI is InChI=1S/C41H48N4O7/c1-5-50-34-22-20-30(21-23-34)25-36(45-40(49)51-28-33-14-10-7-11-15-33)38(47)44-35(24-29-12-8-6-9-13-29)37(46)42-26-31-16-18-32(19-17-31)27-43-39(48)52-41(2,3)4/h6-23,35-36H,5,24-28H2,1-4H3,(H,42,46)(H,43,48)(H,44,47)(H,45,49)/t35-,36+/m0/s1. The number of rotatable bonds is 16. The SMILES string of the molecule is CCOc1ccc(C[C@@H](NC(=O)OCc2ccccc2)C(=O)N[C@@H](Cc2ccccc2)C(=O)NCc2ccc(CNC(=O)OC(C)(C)C)cc2)cc1. The number of nitrogens with one attached hydrogen (secondary N) is 4. The zero-order chi connectivity index (χ0) is 37.3. The molecule has 0 spiro atoms. The molecule has 0 unspecified atom stereocenters. The van der Waals surface area contributed by atoms with Crippen LogP contribution in [-0.2, 0) is 51.6 Å². The fourth-order valence-electron chi connectivity index (χ4n) is 5.15. The minimum atomic E-state index is -1.05. The summed E-state index contributed by atoms with van der Waals surface area (Å²) in [5.41, 5.74) is 3.53. The van der Waals surface area contributed by atoms with Crippen LogP contribution in [-0.4, -0.2) is 48.3 Å². The molecule has 0 aliphatic heterocycles. The van der Waals surface area contributed by atoms with Crippen molar-refractivity contribution in [3.8, 4) is 5.75 Å². The van der Waals surface area contributed by atoms with E-state index in [2.05, 4.69) is 21.3 Å². The number of ether oxygens (including phenoxy) is 3. The third kappa shape index (κ3) is 13.8. The first-order valence-electron chi connectivity index (χ1n) is 17.3. The summed E-state index contributed by atoms with van der Waals surface area (Å²) in [6.07, 6.45) is -0.893. The molecule has 0 saturated heterocycles. The first-order valence-corrected chi connectivity index (χ1v) is 17.3. The summed E-state index contributed by atoms with van der Waals surface area (Å²) in [6, 6.07) is 31.3. The van der Waals surface area contributed by atoms with Gasteiger partial charge in [0.25, 0.3) is 0 Å². The third-order valence-electron chi connectivity index (χ3n) is 7.74. The molecule has 0 saturated carbocycles. The molecule has 2 atom stereocenters. The van der Waals surface area contributed by atoms with Crippen molar-refractivity contribution in [1.29, 1.82) is 0 Å². The Morgan fingerprint density at radius 3 is 1.63 bits per heavy atom. The highest BCUT2D eigenvalue weighted by Crippen LogP contribution is 2.15. The summed E-state index contributed by atoms with van der Waals surface area (Å²) >= 11 is 0. The Bertz CT molecular complexity index is 1730. The van der Waals surface area contributed by atoms with Crippen LogP contribution in [0.5, 0.6) is 5.75 Å². The van der Waals surface area contributed by atoms with Gasteiger partial charge in [0.2, 0.25) is 11.8 Å². The Labute approximate surface area is 305 Å². The predicted molar refractivity (Wildman–Crippen MR) is 198 cm³/mol. The van der Waals surface area contributed by atoms with Crippen molar-refractivity contribution in [3.05, 3.63) is 137 Å². The van der Waals surface area contributed by atoms with Crippen molar-refractivity contribution in [2.24, 2.45) is 0 Å². The highest BCUT2D eigenvalue weighted by molar-refractivity contribution is 5.91. The van der Waals surface area contributed by atoms with E-state index in [9.17, 15) is 19.2 Å². The van der Waals surface area contributed by atoms with Gasteiger partial charge in [0.15, 0.2) is 0 Å². The van der Waals surface area contributed by atoms with Crippen LogP contribution in [0.15, 0.2) is 109 Å². The van der Waals surface area contributed by atoms with Gasteiger partial charge in [0, 0.05) is 25.9 Å². The summed E-state index contributed by atoms with van der Waals surface area (Å²) in [4.78, 5) is 52.5. The van der Waals surface area contributed by atoms with Gasteiger partial charge in [-0.25, -0.2) is 9.59 Å². The molecule has 0 bridgehead atoms. The Hall–Kier alpha value is -5.84. The molecule has 0 heterocycles. The number of amides is 4. The average Bonchev–Trinajstić information content (AvgIpc) is 3.13. The lowest BCUT2D eigenvalue weighted by atomic mass is 10.0. The van der Waals surface area contributed by atoms with Crippen LogP contribution in [0, 0.1) is 0 Å². The molecule has 274 valence electrons. The normalized spacial score (nSPS) is 12.1. The van der Waals surface area contributed by atoms with Crippen molar-refractivity contribution in [3.63, 3.8) is 0 Å². The first kappa shape index (κ1) is 39.0. The van der Waals surface area contributed by atoms with Gasteiger partial charge in [0.1, 0.15) is 30.0 Å². The lowest BCUT2D eigenvalue weighted by molar-refractivity contribution is -0.130. The zero-order valence-corrected chi connectivity index (χ0v) is 30.1. The van der Waals surface area contributed by atoms with E-state index < -0.39 is 35.8 Å². The molecule has 0 fully saturated rings. The number of carbonyl (C=O) groups excluding carboxylic acids is 4. The van der Waals surface area contributed by atoms with Crippen LogP contribution in [0.4, 0.5) is 9.59 Å². The Morgan fingerprint density at radius 2 is 1.08 bits per heavy atom. The second-order valence-corrected chi connectivity index (χ2v) is 13.2. The van der Waals surface area contributed by atoms with Crippen molar-refractivity contribution >= 4 is 24.0 Å². The Balaban J connectivity index is 1.43. The number of hydrogen-bond donors (Lipinski definition) is 4. The maximum absolute atomic E-state index is 13.9. The number of hydrogen-bond acceptors (Lipinski definition) is 7. The second-order valence-electron chi connectivity index (χ2n) is 13.2. The second kappa shape index (κ2) is 19.5. The molecule has 0 radical (unpaired) electrons. The lowest BCUT2D eigenvalue weighted by Gasteiger charge is -2.23. The van der Waals surface area contributed by atoms with Gasteiger partial charge < -0.3 is 35.5 Å². The molecule has 4 aromatic rings. The van der Waals surface area contributed by atoms with Crippen molar-refractivity contribution in [2.45, 2.75) is 77.9 Å². The molecule has 0 aliphatic rings. The maximum atomic E-state index is 13.9. The molecule has 11 nitrogen and oxygen atoms in total. The maximum Gasteiger partial charge on any atom is 0.408 e. The summed E-state index contributed by atoms with van der Waals surface area (Å²) in [6.45, 7) is 8.34. The quantitative estimate of drug-likeness (QED) is 0.112. The van der Waals surface area contributed by atoms with Crippen LogP contribution >= 0.6 is 0 Å². The summed E-state index contributed by atoms with van der Waals surface area (Å²) in [5.74, 6) is -0.239. The van der Waals surface area contributed by atoms with E-state index in [1.807, 2.05) is 104 Å². The minimum Gasteiger partial charge on any atom is -0.494 e. The number of alkyl carbamates (subject to hydrolysis) is 2. The molecular formula is C41H48N4O7. The van der Waals surface area contributed by atoms with Crippen LogP contribution in [0.25, 0.3) is 0 Å². The van der Waals surface area contributed by atoms with E-state index in [1.165, 1.54) is 0 Å². The van der Waals surface area contributed by atoms with Crippen molar-refractivity contribution in [1.82, 2.24) is 21.3 Å². The van der Waals surface area contributed by atoms with E-state index in [0.717, 1.165) is 27.8 Å². The molecule has 4 aromatic carbocycles. The van der Waals surface area contributed by atoms with Crippen molar-refractivity contribution in [2.75, 3.05) is 6.61 Å². The van der Waals surface area contributed by atoms with Gasteiger partial charge in [0.05, 0.1) is 6.61 Å². The minimum absolute atomic E-state index is 0.0321. The predicted octanol–water partition coefficient (Wildman–Crippen LogP) is 5.99. The molecule has 0 aromatic heterocycles. The summed E-state index contributed by atoms with van der Waals surface area (Å²) < 4.78 is 16.3. The fraction of sp³-hybridized carbons (Fsp3) is 0.317. The lowest BCUT2D eigenvalue weighted by Crippen LogP contribution is -2.55. The van der Waals surface area contributed by atoms with Gasteiger partial charge >= 0.3 is 12.2 Å². The van der Waals surface area contributed by atoms with Gasteiger partial charge in [-0.2, -0.15) is 0 Å². The van der Waals surface area contributed by atoms with Crippen LogP contribution in [0.3, 0.4) is 0 Å². The smallest absolute Gasteiger partial charge is 0.408 e. The molecule has 4 N–H and O–H groups in total. The Morgan fingerprint density at radius 1 is 0.577 bits per heavy atom. The van der Waals surface area contributed by atoms with Crippen LogP contribution in [0.1, 0.15) is 55.5 Å². The molecule has 0 aliphatic carbocycles. The van der Waals surface area contributed by atoms with Crippen molar-refractivity contribution < 1.29 is 33.4 Å². The average molecular weight is 709 g/mol. The van der Waals surface area contributed by atoms with Crippen LogP contribution in [0.2, 0.25) is 0 Å². The van der Waals surface area contributed by atoms with Crippen LogP contribution < -0.4 is 26.0 Å². The summed E-state index contributed by atoms with van der Waals surface area (Å²) in [5, 5.41) is 11.3. The number of benzene rings is 4. The van der Waals surface area contributed by atoms with E-state index in [-0.39, 0.29) is 31.9 Å². The molecule has 4 amide bonds. The topological polar surface area (TPSA) is 144 Å². The Kier molecular flexibility index (Phi) is 14.6. The zero-order valence-electron chi connectivity index (χ0n) is 30.1. The van der Waals surface area contributed by atoms with E-state index >= 15 is 0 Å². The largest absolute Gasteiger partial charge is 0.494 e. The monoisotopic (exact) mass is 708 g/mol. The number of carbonyl (C=O) groups is 4. The first-order chi connectivity index (χ1) is 25.0. The summed E-state index contributed by atoms with van der Waals surface area (Å²) in [7, 11) is 0. The van der Waals surface area contributed by atoms with E-state index in [1.54, 1.807) is 32.9 Å². The highest BCUT2D eigenvalue weighted by Gasteiger charge is 2.28. The fourth-order valence-corrected chi connectivity index (χ4v) is 5.15. The van der Waals surface area contributed by atoms with Gasteiger partial charge in [-0.3, -0.25) is 9.59 Å². The van der Waals surface area contributed by atoms with Gasteiger partial charge in [-0.1, -0.05) is 97.1 Å². The van der Waals surface area contributed by atoms with Gasteiger partial charge in [-0.05, 0) is 67.6 Å².